The van der Waals surface area contributed by atoms with E-state index in [1.165, 1.54) is 0 Å². The topological polar surface area (TPSA) is 134 Å². The van der Waals surface area contributed by atoms with Crippen LogP contribution in [0.3, 0.4) is 0 Å². The first kappa shape index (κ1) is 25.2. The first-order valence-corrected chi connectivity index (χ1v) is 11.6. The quantitative estimate of drug-likeness (QED) is 0.387. The van der Waals surface area contributed by atoms with Gasteiger partial charge < -0.3 is 15.4 Å². The Morgan fingerprint density at radius 3 is 2.38 bits per heavy atom. The van der Waals surface area contributed by atoms with Crippen molar-refractivity contribution in [2.45, 2.75) is 64.5 Å². The van der Waals surface area contributed by atoms with Crippen LogP contribution in [0.1, 0.15) is 52.0 Å². The van der Waals surface area contributed by atoms with Gasteiger partial charge in [0.05, 0.1) is 6.42 Å². The van der Waals surface area contributed by atoms with Gasteiger partial charge in [0.25, 0.3) is 11.8 Å². The zero-order valence-corrected chi connectivity index (χ0v) is 19.8. The first-order valence-electron chi connectivity index (χ1n) is 11.6. The monoisotopic (exact) mass is 472 g/mol. The molecule has 1 atom stereocenters. The van der Waals surface area contributed by atoms with Gasteiger partial charge in [-0.3, -0.25) is 19.8 Å². The number of hydrazine groups is 1. The van der Waals surface area contributed by atoms with E-state index in [0.717, 1.165) is 18.4 Å². The van der Waals surface area contributed by atoms with Crippen molar-refractivity contribution in [3.63, 3.8) is 0 Å². The number of carbonyl (C=O) groups excluding carboxylic acids is 5. The van der Waals surface area contributed by atoms with E-state index < -0.39 is 42.0 Å². The second-order valence-electron chi connectivity index (χ2n) is 9.43. The molecule has 1 saturated carbocycles. The lowest BCUT2D eigenvalue weighted by Gasteiger charge is -2.33. The number of ether oxygens (including phenoxy) is 1. The van der Waals surface area contributed by atoms with Gasteiger partial charge in [-0.05, 0) is 43.1 Å². The second kappa shape index (κ2) is 10.7. The number of nitrogens with one attached hydrogen (secondary N) is 3. The van der Waals surface area contributed by atoms with E-state index in [-0.39, 0.29) is 18.2 Å². The average Bonchev–Trinajstić information content (AvgIpc) is 3.02. The molecule has 184 valence electrons. The van der Waals surface area contributed by atoms with Crippen molar-refractivity contribution in [2.24, 2.45) is 11.8 Å². The Morgan fingerprint density at radius 2 is 1.76 bits per heavy atom. The molecule has 5 amide bonds. The largest absolute Gasteiger partial charge is 0.454 e. The van der Waals surface area contributed by atoms with Gasteiger partial charge in [0.1, 0.15) is 11.6 Å². The smallest absolute Gasteiger partial charge is 0.344 e. The fourth-order valence-electron chi connectivity index (χ4n) is 4.20. The van der Waals surface area contributed by atoms with Gasteiger partial charge in [0, 0.05) is 0 Å². The number of hydrogen-bond acceptors (Lipinski definition) is 6. The summed E-state index contributed by atoms with van der Waals surface area (Å²) < 4.78 is 5.07. The number of carbonyl (C=O) groups is 5. The molecule has 3 N–H and O–H groups in total. The zero-order valence-electron chi connectivity index (χ0n) is 19.8. The fraction of sp³-hybridized carbons (Fsp3) is 0.542. The molecular formula is C24H32N4O6. The maximum Gasteiger partial charge on any atom is 0.344 e. The van der Waals surface area contributed by atoms with Crippen molar-refractivity contribution < 1.29 is 28.7 Å². The number of benzene rings is 1. The molecule has 0 unspecified atom stereocenters. The number of imide groups is 1. The Kier molecular flexibility index (Phi) is 7.90. The van der Waals surface area contributed by atoms with Gasteiger partial charge in [-0.25, -0.2) is 9.59 Å². The predicted molar refractivity (Wildman–Crippen MR) is 122 cm³/mol. The van der Waals surface area contributed by atoms with Crippen molar-refractivity contribution >= 4 is 29.7 Å². The number of rotatable bonds is 8. The van der Waals surface area contributed by atoms with Crippen molar-refractivity contribution in [2.75, 3.05) is 6.61 Å². The van der Waals surface area contributed by atoms with Crippen molar-refractivity contribution in [1.29, 1.82) is 0 Å². The van der Waals surface area contributed by atoms with E-state index in [1.54, 1.807) is 26.0 Å². The summed E-state index contributed by atoms with van der Waals surface area (Å²) in [7, 11) is 0. The number of urea groups is 1. The van der Waals surface area contributed by atoms with Gasteiger partial charge in [-0.2, -0.15) is 5.01 Å². The summed E-state index contributed by atoms with van der Waals surface area (Å²) in [6.07, 6.45) is 2.73. The molecule has 3 rings (SSSR count). The molecule has 10 heteroatoms. The lowest BCUT2D eigenvalue weighted by atomic mass is 9.77. The van der Waals surface area contributed by atoms with Gasteiger partial charge in [-0.1, -0.05) is 51.1 Å². The number of esters is 1. The highest BCUT2D eigenvalue weighted by Crippen LogP contribution is 2.35. The first-order chi connectivity index (χ1) is 16.1. The van der Waals surface area contributed by atoms with Crippen LogP contribution >= 0.6 is 0 Å². The number of amides is 5. The lowest BCUT2D eigenvalue weighted by molar-refractivity contribution is -0.154. The zero-order chi connectivity index (χ0) is 24.9. The Labute approximate surface area is 198 Å². The van der Waals surface area contributed by atoms with Gasteiger partial charge in [-0.15, -0.1) is 0 Å². The Balaban J connectivity index is 1.50. The normalized spacial score (nSPS) is 22.9. The predicted octanol–water partition coefficient (Wildman–Crippen LogP) is 1.45. The molecule has 0 aromatic heterocycles. The minimum absolute atomic E-state index is 0.102. The van der Waals surface area contributed by atoms with E-state index in [4.69, 9.17) is 4.74 Å². The standard InChI is InChI=1S/C24H32N4O6/c1-15(2)20(25-18(29)13-17-7-5-4-6-8-17)21(31)34-14-19(30)27-28-22(32)24(26-23(28)33)11-9-16(3)10-12-24/h4-8,15-16,20H,9-14H2,1-3H3,(H,25,29)(H,26,33)(H,27,30)/t16?,20-,24?/m0/s1. The summed E-state index contributed by atoms with van der Waals surface area (Å²) in [5.74, 6) is -2.26. The third kappa shape index (κ3) is 5.92. The van der Waals surface area contributed by atoms with Crippen LogP contribution in [0.25, 0.3) is 0 Å². The Bertz CT molecular complexity index is 940. The molecule has 1 heterocycles. The van der Waals surface area contributed by atoms with Crippen LogP contribution in [-0.4, -0.2) is 52.9 Å². The average molecular weight is 473 g/mol. The molecule has 1 aromatic rings. The maximum atomic E-state index is 12.8. The molecule has 2 fully saturated rings. The summed E-state index contributed by atoms with van der Waals surface area (Å²) in [6, 6.07) is 7.44. The molecular weight excluding hydrogens is 440 g/mol. The molecule has 10 nitrogen and oxygen atoms in total. The van der Waals surface area contributed by atoms with Crippen LogP contribution in [0.15, 0.2) is 30.3 Å². The minimum Gasteiger partial charge on any atom is -0.454 e. The number of nitrogens with zero attached hydrogens (tertiary/aromatic N) is 1. The summed E-state index contributed by atoms with van der Waals surface area (Å²) in [4.78, 5) is 62.3. The van der Waals surface area contributed by atoms with Crippen LogP contribution in [0.5, 0.6) is 0 Å². The highest BCUT2D eigenvalue weighted by molar-refractivity contribution is 6.08. The third-order valence-electron chi connectivity index (χ3n) is 6.32. The van der Waals surface area contributed by atoms with Crippen molar-refractivity contribution in [3.05, 3.63) is 35.9 Å². The molecule has 2 aliphatic rings. The molecule has 1 aromatic carbocycles. The van der Waals surface area contributed by atoms with E-state index in [1.807, 2.05) is 18.2 Å². The summed E-state index contributed by atoms with van der Waals surface area (Å²) >= 11 is 0. The van der Waals surface area contributed by atoms with Gasteiger partial charge in [0.2, 0.25) is 5.91 Å². The molecule has 1 aliphatic carbocycles. The highest BCUT2D eigenvalue weighted by Gasteiger charge is 2.52. The molecule has 1 spiro atoms. The fourth-order valence-corrected chi connectivity index (χ4v) is 4.20. The number of hydrogen-bond donors (Lipinski definition) is 3. The molecule has 1 saturated heterocycles. The van der Waals surface area contributed by atoms with Gasteiger partial charge in [0.15, 0.2) is 6.61 Å². The summed E-state index contributed by atoms with van der Waals surface area (Å²) in [6.45, 7) is 4.88. The van der Waals surface area contributed by atoms with Crippen LogP contribution in [0.4, 0.5) is 4.79 Å². The summed E-state index contributed by atoms with van der Waals surface area (Å²) in [5.41, 5.74) is 2.04. The van der Waals surface area contributed by atoms with Crippen molar-refractivity contribution in [3.8, 4) is 0 Å². The van der Waals surface area contributed by atoms with Crippen LogP contribution < -0.4 is 16.1 Å². The van der Waals surface area contributed by atoms with Gasteiger partial charge >= 0.3 is 12.0 Å². The molecule has 0 radical (unpaired) electrons. The Morgan fingerprint density at radius 1 is 1.12 bits per heavy atom. The Hall–Kier alpha value is -3.43. The third-order valence-corrected chi connectivity index (χ3v) is 6.32. The van der Waals surface area contributed by atoms with E-state index in [9.17, 15) is 24.0 Å². The van der Waals surface area contributed by atoms with E-state index in [0.29, 0.717) is 23.8 Å². The van der Waals surface area contributed by atoms with Crippen molar-refractivity contribution in [1.82, 2.24) is 21.1 Å². The van der Waals surface area contributed by atoms with E-state index >= 15 is 0 Å². The van der Waals surface area contributed by atoms with Crippen LogP contribution in [0, 0.1) is 11.8 Å². The molecule has 1 aliphatic heterocycles. The molecule has 34 heavy (non-hydrogen) atoms. The summed E-state index contributed by atoms with van der Waals surface area (Å²) in [5, 5.41) is 6.01. The minimum atomic E-state index is -0.987. The maximum absolute atomic E-state index is 12.8. The highest BCUT2D eigenvalue weighted by atomic mass is 16.5. The lowest BCUT2D eigenvalue weighted by Crippen LogP contribution is -2.52. The molecule has 0 bridgehead atoms. The van der Waals surface area contributed by atoms with Crippen LogP contribution in [-0.2, 0) is 30.3 Å². The SMILES string of the molecule is CC1CCC2(CC1)NC(=O)N(NC(=O)COC(=O)[C@@H](NC(=O)Cc1ccccc1)C(C)C)C2=O. The van der Waals surface area contributed by atoms with Crippen LogP contribution in [0.2, 0.25) is 0 Å². The second-order valence-corrected chi connectivity index (χ2v) is 9.43. The van der Waals surface area contributed by atoms with E-state index in [2.05, 4.69) is 23.0 Å².